The number of hydrogen-bond acceptors (Lipinski definition) is 3. The number of benzene rings is 1. The fraction of sp³-hybridized carbons (Fsp3) is 0.467. The first-order valence-corrected chi connectivity index (χ1v) is 7.59. The number of hydrogen-bond donors (Lipinski definition) is 1. The summed E-state index contributed by atoms with van der Waals surface area (Å²) in [5, 5.41) is 9.26. The summed E-state index contributed by atoms with van der Waals surface area (Å²) in [4.78, 5) is 25.0. The molecule has 1 fully saturated rings. The third-order valence-corrected chi connectivity index (χ3v) is 4.22. The molecule has 0 spiro atoms. The molecule has 0 bridgehead atoms. The van der Waals surface area contributed by atoms with Crippen LogP contribution in [0.3, 0.4) is 0 Å². The normalized spacial score (nSPS) is 21.9. The largest absolute Gasteiger partial charge is 0.484 e. The lowest BCUT2D eigenvalue weighted by Gasteiger charge is -2.37. The quantitative estimate of drug-likeness (QED) is 0.901. The summed E-state index contributed by atoms with van der Waals surface area (Å²) < 4.78 is 6.34. The van der Waals surface area contributed by atoms with Gasteiger partial charge in [0.2, 0.25) is 0 Å². The molecule has 1 amide bonds. The molecule has 1 unspecified atom stereocenters. The minimum atomic E-state index is -0.857. The van der Waals surface area contributed by atoms with Gasteiger partial charge in [0.15, 0.2) is 6.61 Å². The summed E-state index contributed by atoms with van der Waals surface area (Å²) in [7, 11) is 0. The van der Waals surface area contributed by atoms with Gasteiger partial charge in [0, 0.05) is 17.6 Å². The molecule has 0 aliphatic carbocycles. The Balaban J connectivity index is 1.93. The Morgan fingerprint density at radius 3 is 2.90 bits per heavy atom. The van der Waals surface area contributed by atoms with E-state index in [0.717, 1.165) is 4.47 Å². The lowest BCUT2D eigenvalue weighted by Crippen LogP contribution is -2.49. The summed E-state index contributed by atoms with van der Waals surface area (Å²) >= 11 is 3.34. The number of rotatable bonds is 4. The highest BCUT2D eigenvalue weighted by molar-refractivity contribution is 9.10. The van der Waals surface area contributed by atoms with Crippen molar-refractivity contribution in [2.45, 2.75) is 19.8 Å². The number of carbonyl (C=O) groups is 2. The smallest absolute Gasteiger partial charge is 0.311 e. The summed E-state index contributed by atoms with van der Waals surface area (Å²) in [6, 6.07) is 7.25. The Morgan fingerprint density at radius 1 is 1.48 bits per heavy atom. The van der Waals surface area contributed by atoms with Crippen LogP contribution >= 0.6 is 15.9 Å². The van der Waals surface area contributed by atoms with Crippen LogP contribution in [-0.4, -0.2) is 41.6 Å². The zero-order valence-electron chi connectivity index (χ0n) is 11.8. The van der Waals surface area contributed by atoms with E-state index in [1.807, 2.05) is 12.1 Å². The number of halogens is 1. The van der Waals surface area contributed by atoms with Gasteiger partial charge in [0.05, 0.1) is 5.41 Å². The number of amides is 1. The lowest BCUT2D eigenvalue weighted by atomic mass is 9.82. The van der Waals surface area contributed by atoms with Gasteiger partial charge in [-0.2, -0.15) is 0 Å². The number of carbonyl (C=O) groups excluding carboxylic acids is 1. The third kappa shape index (κ3) is 3.97. The molecule has 1 heterocycles. The molecule has 114 valence electrons. The maximum Gasteiger partial charge on any atom is 0.311 e. The molecule has 1 aromatic carbocycles. The second-order valence-corrected chi connectivity index (χ2v) is 6.45. The van der Waals surface area contributed by atoms with Crippen molar-refractivity contribution in [2.24, 2.45) is 5.41 Å². The molecular weight excluding hydrogens is 338 g/mol. The van der Waals surface area contributed by atoms with Crippen LogP contribution in [0, 0.1) is 5.41 Å². The molecule has 0 saturated carbocycles. The van der Waals surface area contributed by atoms with Crippen LogP contribution in [0.5, 0.6) is 5.75 Å². The van der Waals surface area contributed by atoms with Crippen LogP contribution in [-0.2, 0) is 9.59 Å². The maximum atomic E-state index is 12.2. The highest BCUT2D eigenvalue weighted by Crippen LogP contribution is 2.29. The SMILES string of the molecule is CC1(C(=O)O)CCCN(C(=O)COc2cccc(Br)c2)C1. The number of carboxylic acid groups (broad SMARTS) is 1. The van der Waals surface area contributed by atoms with E-state index in [1.165, 1.54) is 0 Å². The maximum absolute atomic E-state index is 12.2. The van der Waals surface area contributed by atoms with E-state index >= 15 is 0 Å². The molecule has 0 aromatic heterocycles. The van der Waals surface area contributed by atoms with E-state index in [2.05, 4.69) is 15.9 Å². The van der Waals surface area contributed by atoms with E-state index in [9.17, 15) is 14.7 Å². The van der Waals surface area contributed by atoms with Crippen LogP contribution in [0.1, 0.15) is 19.8 Å². The zero-order valence-corrected chi connectivity index (χ0v) is 13.4. The molecule has 1 aliphatic rings. The highest BCUT2D eigenvalue weighted by atomic mass is 79.9. The molecule has 2 rings (SSSR count). The fourth-order valence-corrected chi connectivity index (χ4v) is 2.80. The predicted molar refractivity (Wildman–Crippen MR) is 81.2 cm³/mol. The van der Waals surface area contributed by atoms with Crippen molar-refractivity contribution in [3.8, 4) is 5.75 Å². The topological polar surface area (TPSA) is 66.8 Å². The fourth-order valence-electron chi connectivity index (χ4n) is 2.42. The van der Waals surface area contributed by atoms with E-state index < -0.39 is 11.4 Å². The molecule has 1 saturated heterocycles. The van der Waals surface area contributed by atoms with Crippen molar-refractivity contribution in [1.29, 1.82) is 0 Å². The average Bonchev–Trinajstić information content (AvgIpc) is 2.45. The van der Waals surface area contributed by atoms with Crippen LogP contribution < -0.4 is 4.74 Å². The highest BCUT2D eigenvalue weighted by Gasteiger charge is 2.39. The van der Waals surface area contributed by atoms with Crippen molar-refractivity contribution in [3.63, 3.8) is 0 Å². The number of ether oxygens (including phenoxy) is 1. The van der Waals surface area contributed by atoms with Crippen molar-refractivity contribution in [2.75, 3.05) is 19.7 Å². The van der Waals surface area contributed by atoms with Gasteiger partial charge in [-0.25, -0.2) is 0 Å². The number of aliphatic carboxylic acids is 1. The van der Waals surface area contributed by atoms with E-state index in [-0.39, 0.29) is 19.1 Å². The van der Waals surface area contributed by atoms with Gasteiger partial charge >= 0.3 is 5.97 Å². The molecule has 21 heavy (non-hydrogen) atoms. The van der Waals surface area contributed by atoms with Gasteiger partial charge in [0.1, 0.15) is 5.75 Å². The second-order valence-electron chi connectivity index (χ2n) is 5.53. The van der Waals surface area contributed by atoms with Crippen molar-refractivity contribution in [1.82, 2.24) is 4.90 Å². The van der Waals surface area contributed by atoms with Gasteiger partial charge < -0.3 is 14.7 Å². The van der Waals surface area contributed by atoms with Gasteiger partial charge in [-0.05, 0) is 38.0 Å². The van der Waals surface area contributed by atoms with Gasteiger partial charge in [-0.15, -0.1) is 0 Å². The van der Waals surface area contributed by atoms with Gasteiger partial charge in [0.25, 0.3) is 5.91 Å². The molecule has 1 aromatic rings. The summed E-state index contributed by atoms with van der Waals surface area (Å²) in [5.41, 5.74) is -0.857. The van der Waals surface area contributed by atoms with Gasteiger partial charge in [-0.1, -0.05) is 22.0 Å². The second kappa shape index (κ2) is 6.47. The molecule has 1 N–H and O–H groups in total. The zero-order chi connectivity index (χ0) is 15.5. The monoisotopic (exact) mass is 355 g/mol. The standard InChI is InChI=1S/C15H18BrNO4/c1-15(14(19)20)6-3-7-17(10-15)13(18)9-21-12-5-2-4-11(16)8-12/h2,4-5,8H,3,6-7,9-10H2,1H3,(H,19,20). The molecule has 0 radical (unpaired) electrons. The van der Waals surface area contributed by atoms with Crippen LogP contribution in [0.4, 0.5) is 0 Å². The van der Waals surface area contributed by atoms with Gasteiger partial charge in [-0.3, -0.25) is 9.59 Å². The van der Waals surface area contributed by atoms with Crippen LogP contribution in [0.15, 0.2) is 28.7 Å². The number of nitrogens with zero attached hydrogens (tertiary/aromatic N) is 1. The van der Waals surface area contributed by atoms with Crippen molar-refractivity contribution in [3.05, 3.63) is 28.7 Å². The van der Waals surface area contributed by atoms with Crippen molar-refractivity contribution >= 4 is 27.8 Å². The predicted octanol–water partition coefficient (Wildman–Crippen LogP) is 2.54. The Kier molecular flexibility index (Phi) is 4.88. The Morgan fingerprint density at radius 2 is 2.24 bits per heavy atom. The Bertz CT molecular complexity index is 548. The average molecular weight is 356 g/mol. The lowest BCUT2D eigenvalue weighted by molar-refractivity contribution is -0.153. The first-order valence-electron chi connectivity index (χ1n) is 6.80. The Labute approximate surface area is 132 Å². The van der Waals surface area contributed by atoms with Crippen LogP contribution in [0.25, 0.3) is 0 Å². The molecule has 1 aliphatic heterocycles. The molecular formula is C15H18BrNO4. The van der Waals surface area contributed by atoms with E-state index in [1.54, 1.807) is 24.0 Å². The Hall–Kier alpha value is -1.56. The first kappa shape index (κ1) is 15.8. The third-order valence-electron chi connectivity index (χ3n) is 3.72. The molecule has 6 heteroatoms. The molecule has 5 nitrogen and oxygen atoms in total. The minimum Gasteiger partial charge on any atom is -0.484 e. The minimum absolute atomic E-state index is 0.0772. The van der Waals surface area contributed by atoms with E-state index in [0.29, 0.717) is 25.1 Å². The van der Waals surface area contributed by atoms with Crippen LogP contribution in [0.2, 0.25) is 0 Å². The summed E-state index contributed by atoms with van der Waals surface area (Å²) in [6.45, 7) is 2.43. The molecule has 1 atom stereocenters. The summed E-state index contributed by atoms with van der Waals surface area (Å²) in [5.74, 6) is -0.425. The van der Waals surface area contributed by atoms with E-state index in [4.69, 9.17) is 4.74 Å². The first-order chi connectivity index (χ1) is 9.90. The summed E-state index contributed by atoms with van der Waals surface area (Å²) in [6.07, 6.45) is 1.30. The number of carboxylic acids is 1. The van der Waals surface area contributed by atoms with Crippen molar-refractivity contribution < 1.29 is 19.4 Å². The number of piperidine rings is 1. The number of likely N-dealkylation sites (tertiary alicyclic amines) is 1.